The number of aliphatic carboxylic acids is 1. The van der Waals surface area contributed by atoms with Gasteiger partial charge in [-0.15, -0.1) is 0 Å². The number of benzene rings is 2. The second kappa shape index (κ2) is 7.03. The molecule has 0 aliphatic rings. The number of fused-ring (bicyclic) bond motifs is 1. The van der Waals surface area contributed by atoms with E-state index in [-0.39, 0.29) is 6.42 Å². The lowest BCUT2D eigenvalue weighted by Gasteiger charge is -2.08. The molecule has 2 amide bonds. The van der Waals surface area contributed by atoms with Gasteiger partial charge in [-0.3, -0.25) is 20.4 Å². The van der Waals surface area contributed by atoms with E-state index in [1.807, 2.05) is 42.5 Å². The van der Waals surface area contributed by atoms with Gasteiger partial charge in [-0.05, 0) is 16.3 Å². The maximum Gasteiger partial charge on any atom is 0.328 e. The van der Waals surface area contributed by atoms with Crippen LogP contribution in [0, 0.1) is 0 Å². The largest absolute Gasteiger partial charge is 0.478 e. The number of rotatable bonds is 4. The lowest BCUT2D eigenvalue weighted by atomic mass is 10.0. The number of carboxylic acid groups (broad SMARTS) is 1. The molecule has 0 aliphatic carbocycles. The molecular weight excluding hydrogens is 284 g/mol. The van der Waals surface area contributed by atoms with Crippen LogP contribution in [0.5, 0.6) is 0 Å². The second-order valence-corrected chi connectivity index (χ2v) is 4.52. The molecule has 0 aromatic heterocycles. The normalized spacial score (nSPS) is 10.5. The fourth-order valence-electron chi connectivity index (χ4n) is 1.98. The molecule has 0 bridgehead atoms. The molecule has 2 aromatic rings. The van der Waals surface area contributed by atoms with Crippen molar-refractivity contribution in [1.29, 1.82) is 0 Å². The number of hydrazine groups is 1. The van der Waals surface area contributed by atoms with E-state index in [1.165, 1.54) is 0 Å². The fourth-order valence-corrected chi connectivity index (χ4v) is 1.98. The van der Waals surface area contributed by atoms with Crippen molar-refractivity contribution in [1.82, 2.24) is 10.9 Å². The average molecular weight is 298 g/mol. The van der Waals surface area contributed by atoms with E-state index < -0.39 is 17.8 Å². The maximum absolute atomic E-state index is 11.8. The quantitative estimate of drug-likeness (QED) is 0.583. The summed E-state index contributed by atoms with van der Waals surface area (Å²) in [6.45, 7) is 0. The zero-order chi connectivity index (χ0) is 15.9. The Balaban J connectivity index is 1.97. The van der Waals surface area contributed by atoms with Gasteiger partial charge in [0.15, 0.2) is 0 Å². The zero-order valence-corrected chi connectivity index (χ0v) is 11.6. The molecule has 6 heteroatoms. The highest BCUT2D eigenvalue weighted by Crippen LogP contribution is 2.18. The van der Waals surface area contributed by atoms with Crippen LogP contribution in [-0.4, -0.2) is 22.9 Å². The highest BCUT2D eigenvalue weighted by Gasteiger charge is 2.07. The van der Waals surface area contributed by atoms with Crippen molar-refractivity contribution in [3.63, 3.8) is 0 Å². The molecule has 3 N–H and O–H groups in total. The molecule has 112 valence electrons. The molecule has 0 spiro atoms. The lowest BCUT2D eigenvalue weighted by molar-refractivity contribution is -0.131. The summed E-state index contributed by atoms with van der Waals surface area (Å²) >= 11 is 0. The van der Waals surface area contributed by atoms with Gasteiger partial charge >= 0.3 is 5.97 Å². The van der Waals surface area contributed by atoms with Crippen molar-refractivity contribution in [3.05, 3.63) is 60.2 Å². The summed E-state index contributed by atoms with van der Waals surface area (Å²) in [6.07, 6.45) is 1.61. The average Bonchev–Trinajstić information content (AvgIpc) is 2.51. The van der Waals surface area contributed by atoms with Gasteiger partial charge in [-0.2, -0.15) is 0 Å². The van der Waals surface area contributed by atoms with E-state index in [0.717, 1.165) is 22.4 Å². The van der Waals surface area contributed by atoms with Gasteiger partial charge in [-0.25, -0.2) is 4.79 Å². The summed E-state index contributed by atoms with van der Waals surface area (Å²) in [4.78, 5) is 33.3. The molecule has 0 radical (unpaired) electrons. The third-order valence-electron chi connectivity index (χ3n) is 2.93. The number of hydrogen-bond acceptors (Lipinski definition) is 3. The predicted octanol–water partition coefficient (Wildman–Crippen LogP) is 1.17. The number of hydrogen-bond donors (Lipinski definition) is 3. The number of carbonyl (C=O) groups excluding carboxylic acids is 2. The number of nitrogens with one attached hydrogen (secondary N) is 2. The lowest BCUT2D eigenvalue weighted by Crippen LogP contribution is -2.41. The molecule has 0 heterocycles. The Bertz CT molecular complexity index is 747. The molecule has 2 rings (SSSR count). The van der Waals surface area contributed by atoms with Gasteiger partial charge in [0.05, 0.1) is 6.42 Å². The van der Waals surface area contributed by atoms with E-state index in [0.29, 0.717) is 6.08 Å². The van der Waals surface area contributed by atoms with Crippen molar-refractivity contribution >= 4 is 28.6 Å². The van der Waals surface area contributed by atoms with E-state index in [4.69, 9.17) is 5.11 Å². The molecule has 0 atom stereocenters. The fraction of sp³-hybridized carbons (Fsp3) is 0.0625. The van der Waals surface area contributed by atoms with E-state index in [1.54, 1.807) is 0 Å². The van der Waals surface area contributed by atoms with Crippen molar-refractivity contribution in [3.8, 4) is 0 Å². The van der Waals surface area contributed by atoms with Gasteiger partial charge in [0.1, 0.15) is 0 Å². The number of amides is 2. The first-order chi connectivity index (χ1) is 10.6. The number of carboxylic acids is 1. The Morgan fingerprint density at radius 3 is 2.45 bits per heavy atom. The summed E-state index contributed by atoms with van der Waals surface area (Å²) in [7, 11) is 0. The van der Waals surface area contributed by atoms with Crippen molar-refractivity contribution in [2.75, 3.05) is 0 Å². The third-order valence-corrected chi connectivity index (χ3v) is 2.93. The minimum atomic E-state index is -1.24. The maximum atomic E-state index is 11.8. The van der Waals surface area contributed by atoms with Gasteiger partial charge < -0.3 is 5.11 Å². The Hall–Kier alpha value is -3.15. The van der Waals surface area contributed by atoms with Crippen LogP contribution >= 0.6 is 0 Å². The van der Waals surface area contributed by atoms with E-state index in [9.17, 15) is 14.4 Å². The highest BCUT2D eigenvalue weighted by molar-refractivity contribution is 5.95. The molecule has 0 saturated carbocycles. The summed E-state index contributed by atoms with van der Waals surface area (Å²) in [5.74, 6) is -2.35. The molecule has 2 aromatic carbocycles. The van der Waals surface area contributed by atoms with E-state index >= 15 is 0 Å². The van der Waals surface area contributed by atoms with Gasteiger partial charge in [0, 0.05) is 12.2 Å². The van der Waals surface area contributed by atoms with Crippen LogP contribution in [0.3, 0.4) is 0 Å². The molecule has 0 fully saturated rings. The molecule has 0 aliphatic heterocycles. The summed E-state index contributed by atoms with van der Waals surface area (Å²) in [5.41, 5.74) is 5.19. The topological polar surface area (TPSA) is 95.5 Å². The minimum Gasteiger partial charge on any atom is -0.478 e. The first-order valence-corrected chi connectivity index (χ1v) is 6.53. The van der Waals surface area contributed by atoms with Crippen LogP contribution in [0.2, 0.25) is 0 Å². The van der Waals surface area contributed by atoms with Crippen molar-refractivity contribution < 1.29 is 19.5 Å². The van der Waals surface area contributed by atoms with Crippen LogP contribution in [-0.2, 0) is 20.8 Å². The summed E-state index contributed by atoms with van der Waals surface area (Å²) in [5, 5.41) is 10.4. The van der Waals surface area contributed by atoms with Crippen LogP contribution in [0.15, 0.2) is 54.6 Å². The van der Waals surface area contributed by atoms with Gasteiger partial charge in [0.25, 0.3) is 5.91 Å². The molecular formula is C16H14N2O4. The standard InChI is InChI=1S/C16H14N2O4/c19-14(8-9-16(21)22)17-18-15(20)10-12-6-3-5-11-4-1-2-7-13(11)12/h1-9H,10H2,(H,17,19)(H,18,20)(H,21,22)/b9-8+. The van der Waals surface area contributed by atoms with Crippen LogP contribution in [0.4, 0.5) is 0 Å². The van der Waals surface area contributed by atoms with Crippen LogP contribution < -0.4 is 10.9 Å². The van der Waals surface area contributed by atoms with Gasteiger partial charge in [0.2, 0.25) is 5.91 Å². The Morgan fingerprint density at radius 2 is 1.68 bits per heavy atom. The van der Waals surface area contributed by atoms with Gasteiger partial charge in [-0.1, -0.05) is 42.5 Å². The minimum absolute atomic E-state index is 0.101. The molecule has 6 nitrogen and oxygen atoms in total. The van der Waals surface area contributed by atoms with Crippen molar-refractivity contribution in [2.24, 2.45) is 0 Å². The Kier molecular flexibility index (Phi) is 4.87. The molecule has 22 heavy (non-hydrogen) atoms. The van der Waals surface area contributed by atoms with Crippen LogP contribution in [0.25, 0.3) is 10.8 Å². The van der Waals surface area contributed by atoms with Crippen LogP contribution in [0.1, 0.15) is 5.56 Å². The highest BCUT2D eigenvalue weighted by atomic mass is 16.4. The summed E-state index contributed by atoms with van der Waals surface area (Å²) < 4.78 is 0. The first-order valence-electron chi connectivity index (χ1n) is 6.53. The third kappa shape index (κ3) is 4.17. The monoisotopic (exact) mass is 298 g/mol. The summed E-state index contributed by atoms with van der Waals surface area (Å²) in [6, 6.07) is 13.3. The SMILES string of the molecule is O=C(O)/C=C/C(=O)NNC(=O)Cc1cccc2ccccc12. The Labute approximate surface area is 126 Å². The van der Waals surface area contributed by atoms with Crippen molar-refractivity contribution in [2.45, 2.75) is 6.42 Å². The first kappa shape index (κ1) is 15.2. The zero-order valence-electron chi connectivity index (χ0n) is 11.6. The number of carbonyl (C=O) groups is 3. The molecule has 0 saturated heterocycles. The predicted molar refractivity (Wildman–Crippen MR) is 80.7 cm³/mol. The van der Waals surface area contributed by atoms with E-state index in [2.05, 4.69) is 10.9 Å². The molecule has 0 unspecified atom stereocenters. The Morgan fingerprint density at radius 1 is 0.955 bits per heavy atom. The second-order valence-electron chi connectivity index (χ2n) is 4.52. The smallest absolute Gasteiger partial charge is 0.328 e.